The average molecular weight is 518 g/mol. The van der Waals surface area contributed by atoms with E-state index in [1.807, 2.05) is 41.5 Å². The summed E-state index contributed by atoms with van der Waals surface area (Å²) in [5.74, 6) is 0. The van der Waals surface area contributed by atoms with Gasteiger partial charge in [0, 0.05) is 10.7 Å². The summed E-state index contributed by atoms with van der Waals surface area (Å²) >= 11 is 6.76. The van der Waals surface area contributed by atoms with Gasteiger partial charge in [-0.25, -0.2) is 9.59 Å². The highest BCUT2D eigenvalue weighted by molar-refractivity contribution is 9.09. The van der Waals surface area contributed by atoms with E-state index in [1.54, 1.807) is 0 Å². The SMILES string of the molecule is CC(C)(C)OC(=O)NC(CCBr)COCC(CCBr)NC(=O)OC(C)(C)C. The van der Waals surface area contributed by atoms with E-state index < -0.39 is 23.4 Å². The van der Waals surface area contributed by atoms with Crippen molar-refractivity contribution in [1.29, 1.82) is 0 Å². The zero-order chi connectivity index (χ0) is 21.1. The second kappa shape index (κ2) is 12.8. The van der Waals surface area contributed by atoms with E-state index in [4.69, 9.17) is 14.2 Å². The van der Waals surface area contributed by atoms with Gasteiger partial charge < -0.3 is 24.8 Å². The fourth-order valence-electron chi connectivity index (χ4n) is 1.96. The van der Waals surface area contributed by atoms with E-state index in [0.29, 0.717) is 26.1 Å². The second-order valence-corrected chi connectivity index (χ2v) is 9.77. The minimum absolute atomic E-state index is 0.189. The van der Waals surface area contributed by atoms with Crippen LogP contribution in [0.4, 0.5) is 9.59 Å². The molecule has 0 radical (unpaired) electrons. The minimum atomic E-state index is -0.553. The molecule has 0 saturated heterocycles. The van der Waals surface area contributed by atoms with E-state index in [-0.39, 0.29) is 12.1 Å². The first-order chi connectivity index (χ1) is 12.4. The largest absolute Gasteiger partial charge is 0.444 e. The first kappa shape index (κ1) is 26.5. The van der Waals surface area contributed by atoms with Crippen LogP contribution in [0.25, 0.3) is 0 Å². The molecule has 0 aliphatic carbocycles. The van der Waals surface area contributed by atoms with Crippen molar-refractivity contribution in [3.63, 3.8) is 0 Å². The fourth-order valence-corrected chi connectivity index (χ4v) is 3.06. The van der Waals surface area contributed by atoms with Crippen LogP contribution in [0.2, 0.25) is 0 Å². The third kappa shape index (κ3) is 16.1. The third-order valence-electron chi connectivity index (χ3n) is 2.99. The van der Waals surface area contributed by atoms with Crippen LogP contribution in [0, 0.1) is 0 Å². The van der Waals surface area contributed by atoms with Crippen LogP contribution in [0.15, 0.2) is 0 Å². The molecule has 7 nitrogen and oxygen atoms in total. The number of nitrogens with one attached hydrogen (secondary N) is 2. The van der Waals surface area contributed by atoms with Gasteiger partial charge in [0.1, 0.15) is 11.2 Å². The summed E-state index contributed by atoms with van der Waals surface area (Å²) in [5.41, 5.74) is -1.11. The van der Waals surface area contributed by atoms with Gasteiger partial charge in [-0.1, -0.05) is 31.9 Å². The van der Waals surface area contributed by atoms with Crippen LogP contribution in [0.3, 0.4) is 0 Å². The lowest BCUT2D eigenvalue weighted by Gasteiger charge is -2.25. The molecule has 0 rings (SSSR count). The predicted octanol–water partition coefficient (Wildman–Crippen LogP) is 4.36. The highest BCUT2D eigenvalue weighted by Crippen LogP contribution is 2.09. The summed E-state index contributed by atoms with van der Waals surface area (Å²) in [6.07, 6.45) is 0.450. The molecule has 0 fully saturated rings. The number of hydrogen-bond donors (Lipinski definition) is 2. The molecular weight excluding hydrogens is 484 g/mol. The molecule has 0 saturated carbocycles. The first-order valence-corrected chi connectivity index (χ1v) is 11.3. The van der Waals surface area contributed by atoms with Crippen molar-refractivity contribution in [2.45, 2.75) is 77.7 Å². The number of alkyl carbamates (subject to hydrolysis) is 2. The average Bonchev–Trinajstić information content (AvgIpc) is 2.43. The van der Waals surface area contributed by atoms with Crippen molar-refractivity contribution in [2.24, 2.45) is 0 Å². The first-order valence-electron chi connectivity index (χ1n) is 9.05. The number of halogens is 2. The van der Waals surface area contributed by atoms with E-state index in [1.165, 1.54) is 0 Å². The maximum absolute atomic E-state index is 11.9. The maximum atomic E-state index is 11.9. The summed E-state index contributed by atoms with van der Waals surface area (Å²) in [5, 5.41) is 7.07. The van der Waals surface area contributed by atoms with Crippen molar-refractivity contribution in [2.75, 3.05) is 23.9 Å². The van der Waals surface area contributed by atoms with Crippen LogP contribution in [0.1, 0.15) is 54.4 Å². The van der Waals surface area contributed by atoms with Gasteiger partial charge in [0.05, 0.1) is 25.3 Å². The molecule has 2 amide bonds. The summed E-state index contributed by atoms with van der Waals surface area (Å²) in [7, 11) is 0. The molecule has 2 unspecified atom stereocenters. The Balaban J connectivity index is 4.49. The molecule has 2 atom stereocenters. The Morgan fingerprint density at radius 1 is 0.778 bits per heavy atom. The van der Waals surface area contributed by atoms with Gasteiger partial charge in [0.2, 0.25) is 0 Å². The molecule has 160 valence electrons. The lowest BCUT2D eigenvalue weighted by molar-refractivity contribution is 0.0374. The molecule has 27 heavy (non-hydrogen) atoms. The van der Waals surface area contributed by atoms with Crippen LogP contribution in [-0.4, -0.2) is 59.3 Å². The molecule has 0 aromatic carbocycles. The van der Waals surface area contributed by atoms with Crippen molar-refractivity contribution < 1.29 is 23.8 Å². The number of rotatable bonds is 10. The Hall–Kier alpha value is -0.540. The zero-order valence-electron chi connectivity index (χ0n) is 17.2. The summed E-state index contributed by atoms with van der Waals surface area (Å²) in [6.45, 7) is 11.5. The number of amides is 2. The molecular formula is C18H34Br2N2O5. The smallest absolute Gasteiger partial charge is 0.407 e. The summed E-state index contributed by atoms with van der Waals surface area (Å²) < 4.78 is 16.3. The Morgan fingerprint density at radius 2 is 1.11 bits per heavy atom. The molecule has 0 aromatic rings. The monoisotopic (exact) mass is 516 g/mol. The lowest BCUT2D eigenvalue weighted by atomic mass is 10.2. The number of ether oxygens (including phenoxy) is 3. The Labute approximate surface area is 179 Å². The van der Waals surface area contributed by atoms with Crippen molar-refractivity contribution in [1.82, 2.24) is 10.6 Å². The van der Waals surface area contributed by atoms with Crippen molar-refractivity contribution in [3.05, 3.63) is 0 Å². The van der Waals surface area contributed by atoms with E-state index in [0.717, 1.165) is 10.7 Å². The van der Waals surface area contributed by atoms with Crippen molar-refractivity contribution >= 4 is 44.0 Å². The zero-order valence-corrected chi connectivity index (χ0v) is 20.4. The van der Waals surface area contributed by atoms with Gasteiger partial charge >= 0.3 is 12.2 Å². The van der Waals surface area contributed by atoms with Crippen LogP contribution in [0.5, 0.6) is 0 Å². The predicted molar refractivity (Wildman–Crippen MR) is 114 cm³/mol. The number of carbonyl (C=O) groups excluding carboxylic acids is 2. The van der Waals surface area contributed by atoms with Crippen molar-refractivity contribution in [3.8, 4) is 0 Å². The van der Waals surface area contributed by atoms with Gasteiger partial charge in [-0.15, -0.1) is 0 Å². The van der Waals surface area contributed by atoms with E-state index >= 15 is 0 Å². The van der Waals surface area contributed by atoms with Gasteiger partial charge in [-0.05, 0) is 54.4 Å². The quantitative estimate of drug-likeness (QED) is 0.420. The number of carbonyl (C=O) groups is 2. The fraction of sp³-hybridized carbons (Fsp3) is 0.889. The molecule has 0 heterocycles. The molecule has 0 aromatic heterocycles. The minimum Gasteiger partial charge on any atom is -0.444 e. The molecule has 0 bridgehead atoms. The highest BCUT2D eigenvalue weighted by atomic mass is 79.9. The maximum Gasteiger partial charge on any atom is 0.407 e. The Kier molecular flexibility index (Phi) is 12.6. The van der Waals surface area contributed by atoms with Crippen LogP contribution < -0.4 is 10.6 Å². The Bertz CT molecular complexity index is 410. The van der Waals surface area contributed by atoms with E-state index in [2.05, 4.69) is 42.5 Å². The van der Waals surface area contributed by atoms with Gasteiger partial charge in [-0.2, -0.15) is 0 Å². The van der Waals surface area contributed by atoms with Gasteiger partial charge in [0.15, 0.2) is 0 Å². The molecule has 0 aliphatic rings. The summed E-state index contributed by atoms with van der Waals surface area (Å²) in [4.78, 5) is 23.9. The second-order valence-electron chi connectivity index (χ2n) is 8.18. The van der Waals surface area contributed by atoms with Gasteiger partial charge in [0.25, 0.3) is 0 Å². The molecule has 2 N–H and O–H groups in total. The standard InChI is InChI=1S/C18H34Br2N2O5/c1-17(2,3)26-15(23)21-13(7-9-19)11-25-12-14(8-10-20)22-16(24)27-18(4,5)6/h13-14H,7-12H2,1-6H3,(H,21,23)(H,22,24). The lowest BCUT2D eigenvalue weighted by Crippen LogP contribution is -2.44. The van der Waals surface area contributed by atoms with Crippen LogP contribution in [-0.2, 0) is 14.2 Å². The molecule has 0 spiro atoms. The number of hydrogen-bond acceptors (Lipinski definition) is 5. The van der Waals surface area contributed by atoms with Gasteiger partial charge in [-0.3, -0.25) is 0 Å². The van der Waals surface area contributed by atoms with E-state index in [9.17, 15) is 9.59 Å². The molecule has 9 heteroatoms. The van der Waals surface area contributed by atoms with Crippen LogP contribution >= 0.6 is 31.9 Å². The topological polar surface area (TPSA) is 85.9 Å². The Morgan fingerprint density at radius 3 is 1.37 bits per heavy atom. The normalized spacial score (nSPS) is 14.2. The number of alkyl halides is 2. The highest BCUT2D eigenvalue weighted by Gasteiger charge is 2.21. The summed E-state index contributed by atoms with van der Waals surface area (Å²) in [6, 6.07) is -0.379. The third-order valence-corrected chi connectivity index (χ3v) is 3.91. The molecule has 0 aliphatic heterocycles.